The molecule has 0 saturated heterocycles. The number of hydrogen-bond acceptors (Lipinski definition) is 2. The van der Waals surface area contributed by atoms with Crippen LogP contribution in [0.1, 0.15) is 26.2 Å². The van der Waals surface area contributed by atoms with Crippen LogP contribution in [0.3, 0.4) is 0 Å². The minimum atomic E-state index is -2.68. The molecular weight excluding hydrogens is 216 g/mol. The van der Waals surface area contributed by atoms with E-state index in [0.717, 1.165) is 12.0 Å². The molecular formula is C11H17F2NO2. The molecule has 0 spiro atoms. The van der Waals surface area contributed by atoms with Gasteiger partial charge in [-0.15, -0.1) is 0 Å². The maximum absolute atomic E-state index is 13.4. The second-order valence-corrected chi connectivity index (χ2v) is 5.17. The maximum atomic E-state index is 13.4. The largest absolute Gasteiger partial charge is 0.275 e. The number of carbonyl (C=O) groups is 1. The van der Waals surface area contributed by atoms with Gasteiger partial charge in [0.2, 0.25) is 5.91 Å². The molecule has 1 unspecified atom stereocenters. The van der Waals surface area contributed by atoms with E-state index >= 15 is 0 Å². The van der Waals surface area contributed by atoms with E-state index in [1.165, 1.54) is 14.2 Å². The van der Waals surface area contributed by atoms with Crippen LogP contribution in [-0.2, 0) is 9.63 Å². The van der Waals surface area contributed by atoms with Gasteiger partial charge in [-0.05, 0) is 32.1 Å². The Labute approximate surface area is 93.7 Å². The maximum Gasteiger partial charge on any atom is 0.250 e. The average molecular weight is 233 g/mol. The highest BCUT2D eigenvalue weighted by molar-refractivity contribution is 5.79. The Hall–Kier alpha value is -0.710. The van der Waals surface area contributed by atoms with Crippen molar-refractivity contribution in [2.75, 3.05) is 14.2 Å². The molecule has 2 bridgehead atoms. The summed E-state index contributed by atoms with van der Waals surface area (Å²) in [5.74, 6) is -3.01. The first-order valence-electron chi connectivity index (χ1n) is 5.50. The zero-order valence-electron chi connectivity index (χ0n) is 9.80. The van der Waals surface area contributed by atoms with Crippen LogP contribution < -0.4 is 0 Å². The molecule has 0 heterocycles. The standard InChI is InChI=1S/C11H17F2NO2/c1-10(12,13)11-4-7(5-11)8(6-11)9(15)14(2)16-3/h7-8H,4-6H2,1-3H3. The van der Waals surface area contributed by atoms with E-state index in [4.69, 9.17) is 4.84 Å². The number of hydrogen-bond donors (Lipinski definition) is 0. The lowest BCUT2D eigenvalue weighted by Gasteiger charge is -2.42. The lowest BCUT2D eigenvalue weighted by molar-refractivity contribution is -0.174. The average Bonchev–Trinajstić information content (AvgIpc) is 2.68. The van der Waals surface area contributed by atoms with Gasteiger partial charge in [0.05, 0.1) is 7.11 Å². The van der Waals surface area contributed by atoms with Crippen molar-refractivity contribution in [3.8, 4) is 0 Å². The number of carbonyl (C=O) groups excluding carboxylic acids is 1. The number of halogens is 2. The van der Waals surface area contributed by atoms with Gasteiger partial charge >= 0.3 is 0 Å². The summed E-state index contributed by atoms with van der Waals surface area (Å²) in [5, 5.41) is 1.15. The normalized spacial score (nSPS) is 37.1. The van der Waals surface area contributed by atoms with Gasteiger partial charge in [-0.1, -0.05) is 0 Å². The summed E-state index contributed by atoms with van der Waals surface area (Å²) in [6.07, 6.45) is 1.25. The van der Waals surface area contributed by atoms with Crippen molar-refractivity contribution in [2.45, 2.75) is 32.1 Å². The smallest absolute Gasteiger partial charge is 0.250 e. The van der Waals surface area contributed by atoms with Crippen LogP contribution >= 0.6 is 0 Å². The minimum Gasteiger partial charge on any atom is -0.275 e. The summed E-state index contributed by atoms with van der Waals surface area (Å²) >= 11 is 0. The van der Waals surface area contributed by atoms with Crippen LogP contribution in [0.4, 0.5) is 8.78 Å². The Bertz CT molecular complexity index is 308. The first-order valence-corrected chi connectivity index (χ1v) is 5.50. The van der Waals surface area contributed by atoms with Crippen molar-refractivity contribution < 1.29 is 18.4 Å². The number of hydroxylamine groups is 2. The van der Waals surface area contributed by atoms with Gasteiger partial charge in [0.15, 0.2) is 0 Å². The molecule has 3 aliphatic carbocycles. The number of amides is 1. The fourth-order valence-electron chi connectivity index (χ4n) is 3.13. The molecule has 0 aliphatic heterocycles. The van der Waals surface area contributed by atoms with E-state index in [0.29, 0.717) is 19.3 Å². The lowest BCUT2D eigenvalue weighted by Crippen LogP contribution is -2.43. The Morgan fingerprint density at radius 1 is 1.44 bits per heavy atom. The van der Waals surface area contributed by atoms with Gasteiger partial charge in [0.25, 0.3) is 5.92 Å². The number of rotatable bonds is 3. The van der Waals surface area contributed by atoms with Gasteiger partial charge in [-0.25, -0.2) is 13.8 Å². The Morgan fingerprint density at radius 2 is 2.00 bits per heavy atom. The molecule has 3 fully saturated rings. The van der Waals surface area contributed by atoms with Gasteiger partial charge in [0, 0.05) is 18.4 Å². The Morgan fingerprint density at radius 3 is 2.38 bits per heavy atom. The van der Waals surface area contributed by atoms with Gasteiger partial charge in [-0.2, -0.15) is 0 Å². The predicted octanol–water partition coefficient (Wildman–Crippen LogP) is 2.08. The molecule has 0 radical (unpaired) electrons. The zero-order chi connectivity index (χ0) is 12.1. The fraction of sp³-hybridized carbons (Fsp3) is 0.909. The molecule has 16 heavy (non-hydrogen) atoms. The summed E-state index contributed by atoms with van der Waals surface area (Å²) in [6, 6.07) is 0. The number of fused-ring (bicyclic) bond motifs is 1. The highest BCUT2D eigenvalue weighted by Gasteiger charge is 2.67. The van der Waals surface area contributed by atoms with Crippen molar-refractivity contribution >= 4 is 5.91 Å². The summed E-state index contributed by atoms with van der Waals surface area (Å²) in [4.78, 5) is 16.6. The third kappa shape index (κ3) is 1.44. The highest BCUT2D eigenvalue weighted by atomic mass is 19.3. The quantitative estimate of drug-likeness (QED) is 0.698. The van der Waals surface area contributed by atoms with E-state index in [2.05, 4.69) is 0 Å². The third-order valence-electron chi connectivity index (χ3n) is 4.32. The topological polar surface area (TPSA) is 29.5 Å². The molecule has 1 atom stereocenters. The SMILES string of the molecule is CON(C)C(=O)C1CC2(C(C)(F)F)CC1C2. The Kier molecular flexibility index (Phi) is 2.49. The monoisotopic (exact) mass is 233 g/mol. The van der Waals surface area contributed by atoms with Gasteiger partial charge in [0.1, 0.15) is 0 Å². The summed E-state index contributed by atoms with van der Waals surface area (Å²) < 4.78 is 26.8. The minimum absolute atomic E-state index is 0.121. The van der Waals surface area contributed by atoms with Gasteiger partial charge in [-0.3, -0.25) is 9.63 Å². The third-order valence-corrected chi connectivity index (χ3v) is 4.32. The number of nitrogens with zero attached hydrogens (tertiary/aromatic N) is 1. The van der Waals surface area contributed by atoms with Crippen molar-refractivity contribution in [1.82, 2.24) is 5.06 Å². The van der Waals surface area contributed by atoms with Crippen LogP contribution in [0, 0.1) is 17.3 Å². The van der Waals surface area contributed by atoms with E-state index in [9.17, 15) is 13.6 Å². The number of alkyl halides is 2. The van der Waals surface area contributed by atoms with Crippen molar-refractivity contribution in [2.24, 2.45) is 17.3 Å². The molecule has 0 aromatic heterocycles. The van der Waals surface area contributed by atoms with Crippen molar-refractivity contribution in [3.05, 3.63) is 0 Å². The van der Waals surface area contributed by atoms with Crippen molar-refractivity contribution in [1.29, 1.82) is 0 Å². The molecule has 5 heteroatoms. The second-order valence-electron chi connectivity index (χ2n) is 5.17. The highest BCUT2D eigenvalue weighted by Crippen LogP contribution is 2.67. The van der Waals surface area contributed by atoms with E-state index in [1.807, 2.05) is 0 Å². The molecule has 3 rings (SSSR count). The summed E-state index contributed by atoms with van der Waals surface area (Å²) in [7, 11) is 2.93. The molecule has 3 nitrogen and oxygen atoms in total. The second kappa shape index (κ2) is 3.39. The van der Waals surface area contributed by atoms with Crippen LogP contribution in [-0.4, -0.2) is 31.1 Å². The van der Waals surface area contributed by atoms with E-state index in [-0.39, 0.29) is 17.7 Å². The molecule has 3 aliphatic rings. The molecule has 1 amide bonds. The van der Waals surface area contributed by atoms with Crippen LogP contribution in [0.5, 0.6) is 0 Å². The van der Waals surface area contributed by atoms with Crippen molar-refractivity contribution in [3.63, 3.8) is 0 Å². The first-order chi connectivity index (χ1) is 7.31. The van der Waals surface area contributed by atoms with Crippen LogP contribution in [0.25, 0.3) is 0 Å². The van der Waals surface area contributed by atoms with Gasteiger partial charge < -0.3 is 0 Å². The predicted molar refractivity (Wildman–Crippen MR) is 53.7 cm³/mol. The van der Waals surface area contributed by atoms with E-state index < -0.39 is 11.3 Å². The first kappa shape index (κ1) is 11.8. The van der Waals surface area contributed by atoms with E-state index in [1.54, 1.807) is 0 Å². The Balaban J connectivity index is 2.07. The van der Waals surface area contributed by atoms with Crippen LogP contribution in [0.15, 0.2) is 0 Å². The lowest BCUT2D eigenvalue weighted by atomic mass is 9.66. The molecule has 0 N–H and O–H groups in total. The summed E-state index contributed by atoms with van der Waals surface area (Å²) in [5.41, 5.74) is -0.924. The zero-order valence-corrected chi connectivity index (χ0v) is 9.80. The molecule has 3 saturated carbocycles. The molecule has 0 aromatic carbocycles. The van der Waals surface area contributed by atoms with Crippen LogP contribution in [0.2, 0.25) is 0 Å². The summed E-state index contributed by atoms with van der Waals surface area (Å²) in [6.45, 7) is 0.968. The molecule has 92 valence electrons. The fourth-order valence-corrected chi connectivity index (χ4v) is 3.13. The molecule has 0 aromatic rings.